The van der Waals surface area contributed by atoms with Crippen LogP contribution in [-0.4, -0.2) is 32.1 Å². The van der Waals surface area contributed by atoms with Gasteiger partial charge in [-0.15, -0.1) is 0 Å². The smallest absolute Gasteiger partial charge is 0.254 e. The Morgan fingerprint density at radius 1 is 1.12 bits per heavy atom. The summed E-state index contributed by atoms with van der Waals surface area (Å²) in [6.45, 7) is 1.59. The molecule has 0 radical (unpaired) electrons. The Morgan fingerprint density at radius 2 is 1.80 bits per heavy atom. The number of rotatable bonds is 4. The van der Waals surface area contributed by atoms with Crippen LogP contribution in [-0.2, 0) is 0 Å². The molecule has 3 rings (SSSR count). The molecule has 0 saturated carbocycles. The highest BCUT2D eigenvalue weighted by Gasteiger charge is 2.22. The number of benzene rings is 2. The molecule has 4 nitrogen and oxygen atoms in total. The lowest BCUT2D eigenvalue weighted by molar-refractivity contribution is 0.0927. The third-order valence-electron chi connectivity index (χ3n) is 4.44. The van der Waals surface area contributed by atoms with Gasteiger partial charge in [0.25, 0.3) is 5.91 Å². The normalized spacial score (nSPS) is 15.1. The number of carbonyl (C=O) groups is 1. The zero-order valence-corrected chi connectivity index (χ0v) is 14.0. The fourth-order valence-electron chi connectivity index (χ4n) is 3.01. The zero-order chi connectivity index (χ0) is 17.8. The van der Waals surface area contributed by atoms with Crippen LogP contribution < -0.4 is 15.0 Å². The topological polar surface area (TPSA) is 41.6 Å². The maximum absolute atomic E-state index is 13.7. The number of carbonyl (C=O) groups excluding carboxylic acids is 1. The molecule has 0 atom stereocenters. The first-order valence-electron chi connectivity index (χ1n) is 8.22. The van der Waals surface area contributed by atoms with Crippen molar-refractivity contribution in [3.8, 4) is 5.75 Å². The lowest BCUT2D eigenvalue weighted by Gasteiger charge is -2.34. The van der Waals surface area contributed by atoms with E-state index in [4.69, 9.17) is 4.74 Å². The van der Waals surface area contributed by atoms with Gasteiger partial charge >= 0.3 is 0 Å². The van der Waals surface area contributed by atoms with E-state index in [0.717, 1.165) is 49.5 Å². The maximum Gasteiger partial charge on any atom is 0.254 e. The minimum Gasteiger partial charge on any atom is -0.497 e. The van der Waals surface area contributed by atoms with Crippen molar-refractivity contribution in [1.82, 2.24) is 5.32 Å². The average Bonchev–Trinajstić information content (AvgIpc) is 2.62. The van der Waals surface area contributed by atoms with Crippen LogP contribution in [0.4, 0.5) is 14.5 Å². The highest BCUT2D eigenvalue weighted by atomic mass is 19.1. The van der Waals surface area contributed by atoms with Crippen LogP contribution in [0.1, 0.15) is 23.2 Å². The lowest BCUT2D eigenvalue weighted by atomic mass is 10.0. The number of hydrogen-bond acceptors (Lipinski definition) is 3. The molecule has 0 bridgehead atoms. The van der Waals surface area contributed by atoms with Gasteiger partial charge in [0.05, 0.1) is 12.7 Å². The van der Waals surface area contributed by atoms with Crippen molar-refractivity contribution in [2.45, 2.75) is 18.9 Å². The fourth-order valence-corrected chi connectivity index (χ4v) is 3.01. The molecule has 1 saturated heterocycles. The van der Waals surface area contributed by atoms with E-state index in [-0.39, 0.29) is 11.6 Å². The lowest BCUT2D eigenvalue weighted by Crippen LogP contribution is -2.44. The van der Waals surface area contributed by atoms with Crippen LogP contribution in [0.15, 0.2) is 42.5 Å². The Morgan fingerprint density at radius 3 is 2.40 bits per heavy atom. The minimum atomic E-state index is -0.840. The van der Waals surface area contributed by atoms with Crippen LogP contribution >= 0.6 is 0 Å². The second-order valence-corrected chi connectivity index (χ2v) is 6.06. The van der Waals surface area contributed by atoms with Crippen molar-refractivity contribution in [3.05, 3.63) is 59.7 Å². The Balaban J connectivity index is 1.56. The Labute approximate surface area is 145 Å². The molecule has 0 aliphatic carbocycles. The Hall–Kier alpha value is -2.63. The molecule has 0 spiro atoms. The molecule has 1 N–H and O–H groups in total. The van der Waals surface area contributed by atoms with Gasteiger partial charge in [0.15, 0.2) is 0 Å². The number of nitrogens with one attached hydrogen (secondary N) is 1. The van der Waals surface area contributed by atoms with Gasteiger partial charge in [-0.3, -0.25) is 4.79 Å². The summed E-state index contributed by atoms with van der Waals surface area (Å²) in [4.78, 5) is 14.4. The van der Waals surface area contributed by atoms with Crippen LogP contribution in [0.5, 0.6) is 5.75 Å². The molecule has 1 aliphatic heterocycles. The van der Waals surface area contributed by atoms with Crippen molar-refractivity contribution < 1.29 is 18.3 Å². The second kappa shape index (κ2) is 7.51. The molecule has 0 aromatic heterocycles. The van der Waals surface area contributed by atoms with E-state index < -0.39 is 17.5 Å². The summed E-state index contributed by atoms with van der Waals surface area (Å²) in [6.07, 6.45) is 1.53. The first-order valence-corrected chi connectivity index (χ1v) is 8.22. The van der Waals surface area contributed by atoms with Crippen molar-refractivity contribution >= 4 is 11.6 Å². The van der Waals surface area contributed by atoms with E-state index in [1.807, 2.05) is 24.3 Å². The van der Waals surface area contributed by atoms with Gasteiger partial charge in [-0.1, -0.05) is 0 Å². The molecule has 0 unspecified atom stereocenters. The zero-order valence-electron chi connectivity index (χ0n) is 14.0. The van der Waals surface area contributed by atoms with E-state index >= 15 is 0 Å². The third kappa shape index (κ3) is 4.07. The number of methoxy groups -OCH3 is 1. The van der Waals surface area contributed by atoms with Crippen molar-refractivity contribution in [2.75, 3.05) is 25.1 Å². The van der Waals surface area contributed by atoms with Gasteiger partial charge in [0, 0.05) is 30.9 Å². The average molecular weight is 346 g/mol. The van der Waals surface area contributed by atoms with Gasteiger partial charge in [-0.05, 0) is 49.2 Å². The number of amides is 1. The number of halogens is 2. The summed E-state index contributed by atoms with van der Waals surface area (Å²) in [5, 5.41) is 2.84. The van der Waals surface area contributed by atoms with E-state index in [0.29, 0.717) is 0 Å². The van der Waals surface area contributed by atoms with Crippen molar-refractivity contribution in [2.24, 2.45) is 0 Å². The molecular weight excluding hydrogens is 326 g/mol. The van der Waals surface area contributed by atoms with Crippen LogP contribution in [0.2, 0.25) is 0 Å². The van der Waals surface area contributed by atoms with Crippen LogP contribution in [0.25, 0.3) is 0 Å². The third-order valence-corrected chi connectivity index (χ3v) is 4.44. The minimum absolute atomic E-state index is 0.0218. The molecular formula is C19H20F2N2O2. The number of hydrogen-bond donors (Lipinski definition) is 1. The van der Waals surface area contributed by atoms with Gasteiger partial charge in [-0.2, -0.15) is 0 Å². The Bertz CT molecular complexity index is 742. The molecule has 1 aliphatic rings. The van der Waals surface area contributed by atoms with Crippen molar-refractivity contribution in [3.63, 3.8) is 0 Å². The van der Waals surface area contributed by atoms with E-state index in [2.05, 4.69) is 10.2 Å². The quantitative estimate of drug-likeness (QED) is 0.923. The van der Waals surface area contributed by atoms with Crippen molar-refractivity contribution in [1.29, 1.82) is 0 Å². The molecule has 2 aromatic rings. The molecule has 2 aromatic carbocycles. The monoisotopic (exact) mass is 346 g/mol. The van der Waals surface area contributed by atoms with Gasteiger partial charge in [0.2, 0.25) is 0 Å². The first-order chi connectivity index (χ1) is 12.1. The van der Waals surface area contributed by atoms with Gasteiger partial charge in [-0.25, -0.2) is 8.78 Å². The maximum atomic E-state index is 13.7. The summed E-state index contributed by atoms with van der Waals surface area (Å²) >= 11 is 0. The summed E-state index contributed by atoms with van der Waals surface area (Å²) in [7, 11) is 1.63. The fraction of sp³-hybridized carbons (Fsp3) is 0.316. The summed E-state index contributed by atoms with van der Waals surface area (Å²) in [5.74, 6) is -1.22. The molecule has 1 fully saturated rings. The SMILES string of the molecule is COc1ccc(N2CCC(NC(=O)c3ccc(F)cc3F)CC2)cc1. The van der Waals surface area contributed by atoms with Crippen LogP contribution in [0.3, 0.4) is 0 Å². The molecule has 132 valence electrons. The van der Waals surface area contributed by atoms with E-state index in [1.54, 1.807) is 7.11 Å². The summed E-state index contributed by atoms with van der Waals surface area (Å²) < 4.78 is 31.8. The first kappa shape index (κ1) is 17.2. The predicted molar refractivity (Wildman–Crippen MR) is 92.1 cm³/mol. The summed E-state index contributed by atoms with van der Waals surface area (Å²) in [5.41, 5.74) is 0.981. The number of anilines is 1. The molecule has 1 heterocycles. The molecule has 25 heavy (non-hydrogen) atoms. The number of nitrogens with zero attached hydrogens (tertiary/aromatic N) is 1. The van der Waals surface area contributed by atoms with E-state index in [1.165, 1.54) is 6.07 Å². The standard InChI is InChI=1S/C19H20F2N2O2/c1-25-16-5-3-15(4-6-16)23-10-8-14(9-11-23)22-19(24)17-7-2-13(20)12-18(17)21/h2-7,12,14H,8-11H2,1H3,(H,22,24). The summed E-state index contributed by atoms with van der Waals surface area (Å²) in [6, 6.07) is 10.8. The van der Waals surface area contributed by atoms with Crippen LogP contribution in [0, 0.1) is 11.6 Å². The predicted octanol–water partition coefficient (Wildman–Crippen LogP) is 3.37. The Kier molecular flexibility index (Phi) is 5.16. The van der Waals surface area contributed by atoms with E-state index in [9.17, 15) is 13.6 Å². The van der Waals surface area contributed by atoms with Gasteiger partial charge < -0.3 is 15.0 Å². The number of piperidine rings is 1. The molecule has 1 amide bonds. The molecule has 6 heteroatoms. The van der Waals surface area contributed by atoms with Gasteiger partial charge in [0.1, 0.15) is 17.4 Å². The number of ether oxygens (including phenoxy) is 1. The highest BCUT2D eigenvalue weighted by Crippen LogP contribution is 2.23. The highest BCUT2D eigenvalue weighted by molar-refractivity contribution is 5.94. The second-order valence-electron chi connectivity index (χ2n) is 6.06. The largest absolute Gasteiger partial charge is 0.497 e.